The van der Waals surface area contributed by atoms with Crippen molar-refractivity contribution in [2.75, 3.05) is 13.7 Å². The molecule has 0 saturated carbocycles. The number of aryl methyl sites for hydroxylation is 1. The molecule has 0 aliphatic carbocycles. The third-order valence-electron chi connectivity index (χ3n) is 5.06. The number of rotatable bonds is 10. The Bertz CT molecular complexity index is 818. The van der Waals surface area contributed by atoms with Crippen molar-refractivity contribution < 1.29 is 19.1 Å². The summed E-state index contributed by atoms with van der Waals surface area (Å²) in [6, 6.07) is 14.4. The largest absolute Gasteiger partial charge is 0.497 e. The molecule has 0 aromatic heterocycles. The van der Waals surface area contributed by atoms with Gasteiger partial charge in [0.25, 0.3) is 5.91 Å². The summed E-state index contributed by atoms with van der Waals surface area (Å²) in [6.07, 6.45) is 0.821. The van der Waals surface area contributed by atoms with Gasteiger partial charge in [0.15, 0.2) is 6.61 Å². The van der Waals surface area contributed by atoms with E-state index in [0.29, 0.717) is 12.3 Å². The van der Waals surface area contributed by atoms with Crippen molar-refractivity contribution in [3.05, 3.63) is 59.7 Å². The standard InChI is InChI=1S/C24H32N2O4/c1-6-18(3)25-24(28)19(4)26(15-20-9-13-21(29-5)14-10-20)23(27)16-30-22-11-7-17(2)8-12-22/h7-14,18-19H,6,15-16H2,1-5H3,(H,25,28)/t18-,19-/m1/s1. The monoisotopic (exact) mass is 412 g/mol. The van der Waals surface area contributed by atoms with Crippen molar-refractivity contribution in [3.8, 4) is 11.5 Å². The lowest BCUT2D eigenvalue weighted by Crippen LogP contribution is -2.50. The zero-order valence-corrected chi connectivity index (χ0v) is 18.5. The SMILES string of the molecule is CC[C@@H](C)NC(=O)[C@@H](C)N(Cc1ccc(OC)cc1)C(=O)COc1ccc(C)cc1. The molecule has 0 radical (unpaired) electrons. The predicted molar refractivity (Wildman–Crippen MR) is 118 cm³/mol. The van der Waals surface area contributed by atoms with Crippen molar-refractivity contribution in [2.45, 2.75) is 52.7 Å². The molecule has 2 amide bonds. The topological polar surface area (TPSA) is 67.9 Å². The molecule has 2 aromatic rings. The van der Waals surface area contributed by atoms with Gasteiger partial charge < -0.3 is 19.7 Å². The second-order valence-electron chi connectivity index (χ2n) is 7.47. The number of amides is 2. The molecule has 2 atom stereocenters. The molecular weight excluding hydrogens is 380 g/mol. The van der Waals surface area contributed by atoms with Crippen LogP contribution in [0.25, 0.3) is 0 Å². The molecule has 2 aromatic carbocycles. The second kappa shape index (κ2) is 11.2. The molecule has 0 fully saturated rings. The Kier molecular flexibility index (Phi) is 8.71. The molecule has 6 nitrogen and oxygen atoms in total. The Morgan fingerprint density at radius 2 is 1.60 bits per heavy atom. The van der Waals surface area contributed by atoms with Crippen molar-refractivity contribution in [2.24, 2.45) is 0 Å². The number of hydrogen-bond donors (Lipinski definition) is 1. The first kappa shape index (κ1) is 23.3. The van der Waals surface area contributed by atoms with Crippen LogP contribution in [-0.2, 0) is 16.1 Å². The van der Waals surface area contributed by atoms with Gasteiger partial charge in [0.2, 0.25) is 5.91 Å². The van der Waals surface area contributed by atoms with Gasteiger partial charge in [-0.2, -0.15) is 0 Å². The number of carbonyl (C=O) groups excluding carboxylic acids is 2. The smallest absolute Gasteiger partial charge is 0.261 e. The van der Waals surface area contributed by atoms with Crippen LogP contribution in [0.3, 0.4) is 0 Å². The summed E-state index contributed by atoms with van der Waals surface area (Å²) in [7, 11) is 1.61. The maximum absolute atomic E-state index is 13.0. The summed E-state index contributed by atoms with van der Waals surface area (Å²) in [5.41, 5.74) is 2.02. The molecule has 0 aliphatic rings. The first-order chi connectivity index (χ1) is 14.3. The third-order valence-corrected chi connectivity index (χ3v) is 5.06. The van der Waals surface area contributed by atoms with Gasteiger partial charge in [0, 0.05) is 12.6 Å². The van der Waals surface area contributed by atoms with Crippen LogP contribution in [0.4, 0.5) is 0 Å². The van der Waals surface area contributed by atoms with E-state index in [4.69, 9.17) is 9.47 Å². The molecule has 2 rings (SSSR count). The number of nitrogens with zero attached hydrogens (tertiary/aromatic N) is 1. The second-order valence-corrected chi connectivity index (χ2v) is 7.47. The highest BCUT2D eigenvalue weighted by Gasteiger charge is 2.27. The first-order valence-corrected chi connectivity index (χ1v) is 10.3. The van der Waals surface area contributed by atoms with Crippen LogP contribution in [0.2, 0.25) is 0 Å². The highest BCUT2D eigenvalue weighted by Crippen LogP contribution is 2.16. The normalized spacial score (nSPS) is 12.6. The molecule has 0 unspecified atom stereocenters. The fourth-order valence-electron chi connectivity index (χ4n) is 2.84. The van der Waals surface area contributed by atoms with E-state index in [2.05, 4.69) is 5.32 Å². The predicted octanol–water partition coefficient (Wildman–Crippen LogP) is 3.71. The summed E-state index contributed by atoms with van der Waals surface area (Å²) >= 11 is 0. The summed E-state index contributed by atoms with van der Waals surface area (Å²) < 4.78 is 10.9. The Morgan fingerprint density at radius 3 is 2.17 bits per heavy atom. The molecule has 0 aliphatic heterocycles. The molecule has 0 bridgehead atoms. The number of ether oxygens (including phenoxy) is 2. The average Bonchev–Trinajstić information content (AvgIpc) is 2.76. The fourth-order valence-corrected chi connectivity index (χ4v) is 2.84. The van der Waals surface area contributed by atoms with Crippen molar-refractivity contribution >= 4 is 11.8 Å². The van der Waals surface area contributed by atoms with Gasteiger partial charge in [-0.25, -0.2) is 0 Å². The average molecular weight is 413 g/mol. The van der Waals surface area contributed by atoms with E-state index in [0.717, 1.165) is 23.3 Å². The number of nitrogens with one attached hydrogen (secondary N) is 1. The molecule has 30 heavy (non-hydrogen) atoms. The maximum atomic E-state index is 13.0. The molecule has 1 N–H and O–H groups in total. The highest BCUT2D eigenvalue weighted by molar-refractivity contribution is 5.88. The van der Waals surface area contributed by atoms with Gasteiger partial charge in [-0.3, -0.25) is 9.59 Å². The Balaban J connectivity index is 2.14. The molecule has 0 saturated heterocycles. The van der Waals surface area contributed by atoms with Crippen molar-refractivity contribution in [3.63, 3.8) is 0 Å². The quantitative estimate of drug-likeness (QED) is 0.646. The maximum Gasteiger partial charge on any atom is 0.261 e. The Hall–Kier alpha value is -3.02. The van der Waals surface area contributed by atoms with E-state index < -0.39 is 6.04 Å². The first-order valence-electron chi connectivity index (χ1n) is 10.3. The number of hydrogen-bond acceptors (Lipinski definition) is 4. The molecule has 0 heterocycles. The Morgan fingerprint density at radius 1 is 1.00 bits per heavy atom. The van der Waals surface area contributed by atoms with Crippen LogP contribution < -0.4 is 14.8 Å². The summed E-state index contributed by atoms with van der Waals surface area (Å²) in [5.74, 6) is 0.927. The van der Waals surface area contributed by atoms with E-state index >= 15 is 0 Å². The van der Waals surface area contributed by atoms with E-state index in [1.807, 2.05) is 69.3 Å². The Labute approximate surface area is 179 Å². The highest BCUT2D eigenvalue weighted by atomic mass is 16.5. The van der Waals surface area contributed by atoms with Crippen LogP contribution in [-0.4, -0.2) is 42.5 Å². The molecule has 162 valence electrons. The molecule has 6 heteroatoms. The van der Waals surface area contributed by atoms with Crippen molar-refractivity contribution in [1.29, 1.82) is 0 Å². The van der Waals surface area contributed by atoms with E-state index in [1.54, 1.807) is 18.9 Å². The lowest BCUT2D eigenvalue weighted by atomic mass is 10.1. The van der Waals surface area contributed by atoms with Crippen LogP contribution >= 0.6 is 0 Å². The fraction of sp³-hybridized carbons (Fsp3) is 0.417. The van der Waals surface area contributed by atoms with Gasteiger partial charge >= 0.3 is 0 Å². The van der Waals surface area contributed by atoms with E-state index in [1.165, 1.54) is 0 Å². The lowest BCUT2D eigenvalue weighted by molar-refractivity contribution is -0.142. The van der Waals surface area contributed by atoms with Gasteiger partial charge in [0.1, 0.15) is 17.5 Å². The van der Waals surface area contributed by atoms with Crippen LogP contribution in [0, 0.1) is 6.92 Å². The third kappa shape index (κ3) is 6.79. The lowest BCUT2D eigenvalue weighted by Gasteiger charge is -2.29. The summed E-state index contributed by atoms with van der Waals surface area (Å²) in [6.45, 7) is 7.84. The number of benzene rings is 2. The van der Waals surface area contributed by atoms with Gasteiger partial charge in [-0.05, 0) is 57.0 Å². The van der Waals surface area contributed by atoms with Crippen LogP contribution in [0.1, 0.15) is 38.3 Å². The number of methoxy groups -OCH3 is 1. The molecule has 0 spiro atoms. The summed E-state index contributed by atoms with van der Waals surface area (Å²) in [5, 5.41) is 2.96. The van der Waals surface area contributed by atoms with E-state index in [-0.39, 0.29) is 24.5 Å². The number of carbonyl (C=O) groups is 2. The minimum atomic E-state index is -0.629. The van der Waals surface area contributed by atoms with Crippen molar-refractivity contribution in [1.82, 2.24) is 10.2 Å². The van der Waals surface area contributed by atoms with Gasteiger partial charge in [0.05, 0.1) is 7.11 Å². The van der Waals surface area contributed by atoms with Gasteiger partial charge in [-0.1, -0.05) is 36.8 Å². The van der Waals surface area contributed by atoms with Crippen LogP contribution in [0.15, 0.2) is 48.5 Å². The minimum Gasteiger partial charge on any atom is -0.497 e. The minimum absolute atomic E-state index is 0.0432. The molecular formula is C24H32N2O4. The van der Waals surface area contributed by atoms with E-state index in [9.17, 15) is 9.59 Å². The van der Waals surface area contributed by atoms with Crippen LogP contribution in [0.5, 0.6) is 11.5 Å². The zero-order valence-electron chi connectivity index (χ0n) is 18.5. The summed E-state index contributed by atoms with van der Waals surface area (Å²) in [4.78, 5) is 27.3. The van der Waals surface area contributed by atoms with Gasteiger partial charge in [-0.15, -0.1) is 0 Å². The zero-order chi connectivity index (χ0) is 22.1.